The molecular formula is C82H104O7. The fourth-order valence-corrected chi connectivity index (χ4v) is 26.1. The number of aliphatic hydroxyl groups is 3. The van der Waals surface area contributed by atoms with E-state index in [1.165, 1.54) is 94.4 Å². The number of cyclic esters (lactones) is 1. The number of carbonyl (C=O) groups is 2. The van der Waals surface area contributed by atoms with Crippen molar-refractivity contribution >= 4 is 22.7 Å². The Morgan fingerprint density at radius 3 is 2.31 bits per heavy atom. The molecule has 2 bridgehead atoms. The lowest BCUT2D eigenvalue weighted by Crippen LogP contribution is -2.77. The third kappa shape index (κ3) is 9.04. The quantitative estimate of drug-likeness (QED) is 0.101. The minimum absolute atomic E-state index is 0.000616. The predicted molar refractivity (Wildman–Crippen MR) is 352 cm³/mol. The van der Waals surface area contributed by atoms with Crippen molar-refractivity contribution in [2.24, 2.45) is 74.4 Å². The summed E-state index contributed by atoms with van der Waals surface area (Å²) in [7, 11) is 0. The molecule has 4 aromatic carbocycles. The molecule has 8 saturated carbocycles. The molecular weight excluding hydrogens is 1100 g/mol. The molecule has 0 amide bonds. The summed E-state index contributed by atoms with van der Waals surface area (Å²) in [5.41, 5.74) is 6.14. The van der Waals surface area contributed by atoms with E-state index in [-0.39, 0.29) is 70.8 Å². The van der Waals surface area contributed by atoms with Crippen LogP contribution in [0.3, 0.4) is 0 Å². The number of allylic oxidation sites excluding steroid dienone is 1. The van der Waals surface area contributed by atoms with Gasteiger partial charge in [0.1, 0.15) is 12.7 Å². The Labute approximate surface area is 532 Å². The molecule has 0 radical (unpaired) electrons. The second-order valence-corrected chi connectivity index (χ2v) is 33.5. The predicted octanol–water partition coefficient (Wildman–Crippen LogP) is 17.7. The normalized spacial score (nSPS) is 43.2. The van der Waals surface area contributed by atoms with Gasteiger partial charge in [0.05, 0.1) is 29.1 Å². The minimum atomic E-state index is -1.59. The molecule has 8 fully saturated rings. The van der Waals surface area contributed by atoms with Gasteiger partial charge in [-0.25, -0.2) is 4.79 Å². The third-order valence-corrected chi connectivity index (χ3v) is 29.7. The molecule has 3 spiro atoms. The first-order valence-electron chi connectivity index (χ1n) is 36.6. The standard InChI is InChI=1S/C82H104O7/c1-52(18-16-21-54-19-6-4-7-20-54)44-58-30-29-56-22-10-11-26-61(56)75(86)89-67-45-53(2)81(87,41-33-55-46-69(84)88-49-55)82(74(58)85)68(83)35-39-76(3,73(67)82)60-34-40-80-51-78(43-42-77(50-78)36-14-15-37-77)66-48-79(59-24-8-5-9-25-59)38-13-12-28-64(79)63-32-31-57-23-17-27-62(65(80)47-60)70(57)71(63)72(66)80/h4-9,17,19-20,23-25,27,29-32,46,52-53,56,58,60-61,64-68,72-74,83,85,87H,10-16,18,21-22,26,28,33-45,47-51H2,1-3H3/b30-29+/t52-,53-,56+,58+,60+,61-,64+,65+,66-,67-,68-,72+,73+,74+,76+,78+,79-,80-,81-,82+/m1/s1. The summed E-state index contributed by atoms with van der Waals surface area (Å²) in [4.78, 5) is 28.3. The van der Waals surface area contributed by atoms with E-state index in [0.717, 1.165) is 76.2 Å². The summed E-state index contributed by atoms with van der Waals surface area (Å²) in [5.74, 6) is 0.205. The van der Waals surface area contributed by atoms with E-state index in [0.29, 0.717) is 54.8 Å². The second-order valence-electron chi connectivity index (χ2n) is 33.5. The number of benzene rings is 4. The molecule has 2 heterocycles. The van der Waals surface area contributed by atoms with E-state index in [9.17, 15) is 20.1 Å². The van der Waals surface area contributed by atoms with Crippen molar-refractivity contribution in [3.8, 4) is 0 Å². The highest BCUT2D eigenvalue weighted by Crippen LogP contribution is 2.83. The van der Waals surface area contributed by atoms with Gasteiger partial charge in [-0.05, 0) is 254 Å². The molecule has 16 rings (SSSR count). The van der Waals surface area contributed by atoms with Crippen LogP contribution in [-0.2, 0) is 30.9 Å². The average molecular weight is 1200 g/mol. The largest absolute Gasteiger partial charge is 0.462 e. The van der Waals surface area contributed by atoms with Crippen LogP contribution in [0.5, 0.6) is 0 Å². The third-order valence-electron chi connectivity index (χ3n) is 29.7. The lowest BCUT2D eigenvalue weighted by atomic mass is 9.36. The summed E-state index contributed by atoms with van der Waals surface area (Å²) in [6.45, 7) is 7.17. The first kappa shape index (κ1) is 59.5. The smallest absolute Gasteiger partial charge is 0.331 e. The summed E-state index contributed by atoms with van der Waals surface area (Å²) in [6.07, 6.45) is 33.8. The highest BCUT2D eigenvalue weighted by molar-refractivity contribution is 5.93. The second kappa shape index (κ2) is 22.3. The summed E-state index contributed by atoms with van der Waals surface area (Å²) in [5, 5.41) is 46.2. The van der Waals surface area contributed by atoms with Gasteiger partial charge >= 0.3 is 11.9 Å². The van der Waals surface area contributed by atoms with E-state index in [4.69, 9.17) is 9.47 Å². The first-order valence-corrected chi connectivity index (χ1v) is 36.6. The van der Waals surface area contributed by atoms with Crippen LogP contribution in [0.1, 0.15) is 246 Å². The molecule has 3 N–H and O–H groups in total. The molecule has 12 aliphatic rings. The van der Waals surface area contributed by atoms with Gasteiger partial charge in [0.25, 0.3) is 0 Å². The van der Waals surface area contributed by atoms with Gasteiger partial charge in [-0.3, -0.25) is 4.79 Å². The van der Waals surface area contributed by atoms with Crippen LogP contribution in [0.25, 0.3) is 10.8 Å². The van der Waals surface area contributed by atoms with Crippen molar-refractivity contribution in [1.29, 1.82) is 0 Å². The Kier molecular flexibility index (Phi) is 14.9. The number of esters is 2. The number of carbonyl (C=O) groups excluding carboxylic acids is 2. The van der Waals surface area contributed by atoms with Crippen LogP contribution in [-0.4, -0.2) is 57.8 Å². The number of hydrogen-bond acceptors (Lipinski definition) is 7. The van der Waals surface area contributed by atoms with Gasteiger partial charge in [0.15, 0.2) is 0 Å². The molecule has 7 heteroatoms. The van der Waals surface area contributed by atoms with Gasteiger partial charge in [0.2, 0.25) is 0 Å². The zero-order valence-corrected chi connectivity index (χ0v) is 54.2. The van der Waals surface area contributed by atoms with E-state index in [1.54, 1.807) is 33.7 Å². The molecule has 89 heavy (non-hydrogen) atoms. The Balaban J connectivity index is 0.849. The number of ether oxygens (including phenoxy) is 2. The lowest BCUT2D eigenvalue weighted by molar-refractivity contribution is -0.331. The number of rotatable bonds is 11. The number of hydrogen-bond donors (Lipinski definition) is 3. The maximum absolute atomic E-state index is 15.5. The molecule has 4 aromatic rings. The molecule has 2 aliphatic heterocycles. The number of aryl methyl sites for hydroxylation is 1. The zero-order valence-electron chi connectivity index (χ0n) is 54.2. The SMILES string of the molecule is C[C@H](CCCc1ccccc1)C[C@@H]1/C=C/[C@@H]2CCCC[C@H]2C(=O)O[C@@H]2C[C@@H](C)[C@](O)(CCC3=CC(=O)OC3)[C@]3([C@H](O)CC[C@@](C)([C@H]4CC[C@]56C[C@@]7(CCC8(CCCC8)C7)[C@@H]7C[C@@]8(c9ccccc9)CCCC[C@H]8c8ccc9cccc(c9c8[C@H]75)[C@@H]6C4)[C@H]23)[C@H]1O. The van der Waals surface area contributed by atoms with Gasteiger partial charge < -0.3 is 24.8 Å². The van der Waals surface area contributed by atoms with Crippen molar-refractivity contribution in [2.45, 2.75) is 254 Å². The first-order chi connectivity index (χ1) is 43.1. The van der Waals surface area contributed by atoms with Crippen LogP contribution in [0.4, 0.5) is 0 Å². The Morgan fingerprint density at radius 1 is 0.719 bits per heavy atom. The Bertz CT molecular complexity index is 3400. The average Bonchev–Trinajstić information content (AvgIpc) is 1.63. The van der Waals surface area contributed by atoms with E-state index >= 15 is 4.79 Å². The zero-order chi connectivity index (χ0) is 60.7. The van der Waals surface area contributed by atoms with E-state index in [1.807, 2.05) is 0 Å². The maximum atomic E-state index is 15.5. The van der Waals surface area contributed by atoms with Crippen molar-refractivity contribution in [2.75, 3.05) is 6.61 Å². The van der Waals surface area contributed by atoms with Crippen LogP contribution in [0.2, 0.25) is 0 Å². The summed E-state index contributed by atoms with van der Waals surface area (Å²) in [6, 6.07) is 35.4. The molecule has 10 aliphatic carbocycles. The van der Waals surface area contributed by atoms with Crippen LogP contribution in [0, 0.1) is 74.4 Å². The number of aliphatic hydroxyl groups excluding tert-OH is 2. The van der Waals surface area contributed by atoms with Gasteiger partial charge in [-0.1, -0.05) is 169 Å². The molecule has 0 aromatic heterocycles. The Hall–Kier alpha value is -4.56. The van der Waals surface area contributed by atoms with Crippen molar-refractivity contribution in [1.82, 2.24) is 0 Å². The molecule has 0 unspecified atom stereocenters. The summed E-state index contributed by atoms with van der Waals surface area (Å²) < 4.78 is 12.9. The Morgan fingerprint density at radius 2 is 1.51 bits per heavy atom. The number of fused-ring (bicyclic) bond motifs is 5. The lowest BCUT2D eigenvalue weighted by Gasteiger charge is -2.71. The molecule has 20 atom stereocenters. The van der Waals surface area contributed by atoms with E-state index in [2.05, 4.69) is 124 Å². The monoisotopic (exact) mass is 1200 g/mol. The van der Waals surface area contributed by atoms with Gasteiger partial charge in [0, 0.05) is 23.3 Å². The molecule has 474 valence electrons. The molecule has 7 nitrogen and oxygen atoms in total. The van der Waals surface area contributed by atoms with Gasteiger partial charge in [-0.2, -0.15) is 0 Å². The van der Waals surface area contributed by atoms with Crippen molar-refractivity contribution < 1.29 is 34.4 Å². The fraction of sp³-hybridized carbons (Fsp3) is 0.659. The van der Waals surface area contributed by atoms with Crippen LogP contribution in [0.15, 0.2) is 115 Å². The highest BCUT2D eigenvalue weighted by Gasteiger charge is 2.77. The van der Waals surface area contributed by atoms with Crippen molar-refractivity contribution in [3.05, 3.63) is 143 Å². The fourth-order valence-electron chi connectivity index (χ4n) is 26.1. The van der Waals surface area contributed by atoms with E-state index < -0.39 is 46.6 Å². The van der Waals surface area contributed by atoms with Crippen molar-refractivity contribution in [3.63, 3.8) is 0 Å². The van der Waals surface area contributed by atoms with Crippen LogP contribution >= 0.6 is 0 Å². The van der Waals surface area contributed by atoms with Crippen LogP contribution < -0.4 is 0 Å². The van der Waals surface area contributed by atoms with Gasteiger partial charge in [-0.15, -0.1) is 0 Å². The molecule has 0 saturated heterocycles. The minimum Gasteiger partial charge on any atom is -0.462 e. The summed E-state index contributed by atoms with van der Waals surface area (Å²) >= 11 is 0. The highest BCUT2D eigenvalue weighted by atomic mass is 16.5. The maximum Gasteiger partial charge on any atom is 0.331 e. The topological polar surface area (TPSA) is 113 Å².